The molecule has 1 aliphatic heterocycles. The zero-order valence-electron chi connectivity index (χ0n) is 14.2. The highest BCUT2D eigenvalue weighted by atomic mass is 32.1. The van der Waals surface area contributed by atoms with Crippen LogP contribution in [-0.2, 0) is 11.3 Å². The standard InChI is InChI=1S/C20H17N3O2S/c1-13-12-26-20(21-13)22-18(24)17(14-7-3-2-4-8-14)23-11-15-9-5-6-10-16(15)19(23)25/h2-10,12,17H,11H2,1H3,(H,21,22,24)/t17-/m1/s1. The van der Waals surface area contributed by atoms with Crippen LogP contribution in [0.25, 0.3) is 0 Å². The van der Waals surface area contributed by atoms with E-state index in [4.69, 9.17) is 0 Å². The van der Waals surface area contributed by atoms with Crippen LogP contribution in [0, 0.1) is 6.92 Å². The molecule has 130 valence electrons. The first-order valence-electron chi connectivity index (χ1n) is 8.30. The van der Waals surface area contributed by atoms with Gasteiger partial charge in [0.05, 0.1) is 5.69 Å². The van der Waals surface area contributed by atoms with Crippen molar-refractivity contribution in [2.75, 3.05) is 5.32 Å². The molecule has 0 unspecified atom stereocenters. The van der Waals surface area contributed by atoms with E-state index in [1.807, 2.05) is 66.9 Å². The van der Waals surface area contributed by atoms with Gasteiger partial charge in [-0.1, -0.05) is 48.5 Å². The maximum atomic E-state index is 13.1. The summed E-state index contributed by atoms with van der Waals surface area (Å²) in [6.45, 7) is 2.29. The van der Waals surface area contributed by atoms with Crippen LogP contribution in [0.5, 0.6) is 0 Å². The topological polar surface area (TPSA) is 62.3 Å². The Hall–Kier alpha value is -2.99. The average molecular weight is 363 g/mol. The molecule has 0 spiro atoms. The number of thiazole rings is 1. The van der Waals surface area contributed by atoms with Gasteiger partial charge in [0.2, 0.25) is 0 Å². The smallest absolute Gasteiger partial charge is 0.255 e. The van der Waals surface area contributed by atoms with Crippen LogP contribution >= 0.6 is 11.3 Å². The van der Waals surface area contributed by atoms with Gasteiger partial charge >= 0.3 is 0 Å². The van der Waals surface area contributed by atoms with E-state index in [2.05, 4.69) is 10.3 Å². The second-order valence-electron chi connectivity index (χ2n) is 6.19. The number of carbonyl (C=O) groups excluding carboxylic acids is 2. The van der Waals surface area contributed by atoms with Gasteiger partial charge in [0, 0.05) is 17.5 Å². The number of fused-ring (bicyclic) bond motifs is 1. The molecule has 1 aliphatic rings. The summed E-state index contributed by atoms with van der Waals surface area (Å²) >= 11 is 1.37. The SMILES string of the molecule is Cc1csc(NC(=O)[C@@H](c2ccccc2)N2Cc3ccccc3C2=O)n1. The van der Waals surface area contributed by atoms with Crippen molar-refractivity contribution < 1.29 is 9.59 Å². The largest absolute Gasteiger partial charge is 0.318 e. The first kappa shape index (κ1) is 16.5. The second-order valence-corrected chi connectivity index (χ2v) is 7.04. The maximum Gasteiger partial charge on any atom is 0.255 e. The van der Waals surface area contributed by atoms with Crippen LogP contribution in [0.2, 0.25) is 0 Å². The fourth-order valence-corrected chi connectivity index (χ4v) is 3.87. The van der Waals surface area contributed by atoms with Crippen molar-refractivity contribution in [3.8, 4) is 0 Å². The number of anilines is 1. The quantitative estimate of drug-likeness (QED) is 0.767. The van der Waals surface area contributed by atoms with Crippen molar-refractivity contribution in [1.29, 1.82) is 0 Å². The van der Waals surface area contributed by atoms with Crippen LogP contribution in [0.15, 0.2) is 60.0 Å². The number of nitrogens with one attached hydrogen (secondary N) is 1. The van der Waals surface area contributed by atoms with E-state index in [-0.39, 0.29) is 11.8 Å². The third-order valence-electron chi connectivity index (χ3n) is 4.37. The summed E-state index contributed by atoms with van der Waals surface area (Å²) in [5.41, 5.74) is 3.23. The summed E-state index contributed by atoms with van der Waals surface area (Å²) in [7, 11) is 0. The predicted molar refractivity (Wildman–Crippen MR) is 101 cm³/mol. The summed E-state index contributed by atoms with van der Waals surface area (Å²) in [5.74, 6) is -0.383. The number of hydrogen-bond donors (Lipinski definition) is 1. The molecule has 0 aliphatic carbocycles. The van der Waals surface area contributed by atoms with E-state index in [1.54, 1.807) is 4.90 Å². The molecule has 2 heterocycles. The van der Waals surface area contributed by atoms with Gasteiger partial charge in [-0.2, -0.15) is 0 Å². The molecule has 5 nitrogen and oxygen atoms in total. The van der Waals surface area contributed by atoms with E-state index >= 15 is 0 Å². The molecule has 1 atom stereocenters. The highest BCUT2D eigenvalue weighted by Gasteiger charge is 2.37. The van der Waals surface area contributed by atoms with Crippen LogP contribution in [0.3, 0.4) is 0 Å². The second kappa shape index (κ2) is 6.72. The summed E-state index contributed by atoms with van der Waals surface area (Å²) in [5, 5.41) is 5.28. The molecule has 1 aromatic heterocycles. The zero-order chi connectivity index (χ0) is 18.1. The number of hydrogen-bond acceptors (Lipinski definition) is 4. The Bertz CT molecular complexity index is 968. The number of aromatic nitrogens is 1. The van der Waals surface area contributed by atoms with Crippen LogP contribution in [0.1, 0.15) is 33.2 Å². The van der Waals surface area contributed by atoms with Gasteiger partial charge in [0.25, 0.3) is 11.8 Å². The van der Waals surface area contributed by atoms with Gasteiger partial charge in [0.15, 0.2) is 5.13 Å². The fourth-order valence-electron chi connectivity index (χ4n) is 3.18. The van der Waals surface area contributed by atoms with E-state index in [0.29, 0.717) is 17.2 Å². The van der Waals surface area contributed by atoms with Crippen molar-refractivity contribution >= 4 is 28.3 Å². The first-order chi connectivity index (χ1) is 12.6. The third kappa shape index (κ3) is 2.99. The van der Waals surface area contributed by atoms with Gasteiger partial charge in [-0.3, -0.25) is 14.9 Å². The molecule has 0 bridgehead atoms. The van der Waals surface area contributed by atoms with E-state index in [9.17, 15) is 9.59 Å². The van der Waals surface area contributed by atoms with E-state index in [0.717, 1.165) is 16.8 Å². The number of carbonyl (C=O) groups is 2. The number of nitrogens with zero attached hydrogens (tertiary/aromatic N) is 2. The Labute approximate surface area is 155 Å². The Kier molecular flexibility index (Phi) is 4.26. The first-order valence-corrected chi connectivity index (χ1v) is 9.18. The Morgan fingerprint density at radius 2 is 1.88 bits per heavy atom. The van der Waals surface area contributed by atoms with Crippen molar-refractivity contribution in [3.05, 3.63) is 82.4 Å². The zero-order valence-corrected chi connectivity index (χ0v) is 15.0. The number of amides is 2. The lowest BCUT2D eigenvalue weighted by Gasteiger charge is -2.27. The minimum Gasteiger partial charge on any atom is -0.318 e. The average Bonchev–Trinajstić information content (AvgIpc) is 3.20. The van der Waals surface area contributed by atoms with Crippen molar-refractivity contribution in [2.45, 2.75) is 19.5 Å². The number of rotatable bonds is 4. The predicted octanol–water partition coefficient (Wildman–Crippen LogP) is 3.79. The molecule has 1 N–H and O–H groups in total. The third-order valence-corrected chi connectivity index (χ3v) is 5.25. The number of aryl methyl sites for hydroxylation is 1. The minimum absolute atomic E-state index is 0.125. The van der Waals surface area contributed by atoms with Gasteiger partial charge in [0.1, 0.15) is 6.04 Å². The lowest BCUT2D eigenvalue weighted by atomic mass is 10.0. The molecular formula is C20H17N3O2S. The lowest BCUT2D eigenvalue weighted by Crippen LogP contribution is -2.37. The molecule has 6 heteroatoms. The molecule has 0 fully saturated rings. The summed E-state index contributed by atoms with van der Waals surface area (Å²) in [6, 6.07) is 16.2. The van der Waals surface area contributed by atoms with Crippen molar-refractivity contribution in [2.24, 2.45) is 0 Å². The molecule has 0 saturated heterocycles. The summed E-state index contributed by atoms with van der Waals surface area (Å²) < 4.78 is 0. The van der Waals surface area contributed by atoms with Crippen LogP contribution in [0.4, 0.5) is 5.13 Å². The fraction of sp³-hybridized carbons (Fsp3) is 0.150. The van der Waals surface area contributed by atoms with Crippen LogP contribution < -0.4 is 5.32 Å². The van der Waals surface area contributed by atoms with Gasteiger partial charge < -0.3 is 4.90 Å². The molecule has 3 aromatic rings. The Morgan fingerprint density at radius 1 is 1.15 bits per heavy atom. The maximum absolute atomic E-state index is 13.1. The van der Waals surface area contributed by atoms with Crippen LogP contribution in [-0.4, -0.2) is 21.7 Å². The summed E-state index contributed by atoms with van der Waals surface area (Å²) in [4.78, 5) is 31.9. The van der Waals surface area contributed by atoms with Gasteiger partial charge in [-0.25, -0.2) is 4.98 Å². The molecule has 0 radical (unpaired) electrons. The molecule has 4 rings (SSSR count). The van der Waals surface area contributed by atoms with Crippen molar-refractivity contribution in [3.63, 3.8) is 0 Å². The highest BCUT2D eigenvalue weighted by Crippen LogP contribution is 2.32. The Morgan fingerprint density at radius 3 is 2.58 bits per heavy atom. The monoisotopic (exact) mass is 363 g/mol. The van der Waals surface area contributed by atoms with Crippen molar-refractivity contribution in [1.82, 2.24) is 9.88 Å². The minimum atomic E-state index is -0.708. The molecular weight excluding hydrogens is 346 g/mol. The van der Waals surface area contributed by atoms with Gasteiger partial charge in [-0.05, 0) is 24.1 Å². The molecule has 26 heavy (non-hydrogen) atoms. The molecule has 2 amide bonds. The normalized spacial score (nSPS) is 14.2. The Balaban J connectivity index is 1.68. The summed E-state index contributed by atoms with van der Waals surface area (Å²) in [6.07, 6.45) is 0. The van der Waals surface area contributed by atoms with E-state index in [1.165, 1.54) is 11.3 Å². The molecule has 0 saturated carbocycles. The molecule has 2 aromatic carbocycles. The van der Waals surface area contributed by atoms with Gasteiger partial charge in [-0.15, -0.1) is 11.3 Å². The lowest BCUT2D eigenvalue weighted by molar-refractivity contribution is -0.120. The number of benzene rings is 2. The highest BCUT2D eigenvalue weighted by molar-refractivity contribution is 7.13. The van der Waals surface area contributed by atoms with E-state index < -0.39 is 6.04 Å².